The second-order valence-electron chi connectivity index (χ2n) is 7.05. The van der Waals surface area contributed by atoms with E-state index in [-0.39, 0.29) is 17.0 Å². The Kier molecular flexibility index (Phi) is 4.75. The van der Waals surface area contributed by atoms with Crippen molar-refractivity contribution in [1.82, 2.24) is 30.3 Å². The summed E-state index contributed by atoms with van der Waals surface area (Å²) in [6, 6.07) is 2.60. The van der Waals surface area contributed by atoms with Gasteiger partial charge in [-0.2, -0.15) is 0 Å². The molecule has 0 unspecified atom stereocenters. The van der Waals surface area contributed by atoms with Crippen LogP contribution in [0.1, 0.15) is 45.7 Å². The van der Waals surface area contributed by atoms with Gasteiger partial charge in [0.25, 0.3) is 5.91 Å². The summed E-state index contributed by atoms with van der Waals surface area (Å²) in [6.07, 6.45) is 9.74. The summed E-state index contributed by atoms with van der Waals surface area (Å²) in [7, 11) is 0. The molecule has 3 aromatic rings. The number of carbonyl (C=O) groups excluding carboxylic acids is 1. The third-order valence-electron chi connectivity index (χ3n) is 4.95. The number of carboxylic acid groups (broad SMARTS) is 1. The molecule has 3 aromatic heterocycles. The molecular weight excluding hydrogens is 379 g/mol. The molecular formula is C19H17FN6O3. The minimum Gasteiger partial charge on any atom is -0.478 e. The second kappa shape index (κ2) is 7.38. The van der Waals surface area contributed by atoms with Crippen LogP contribution < -0.4 is 5.32 Å². The van der Waals surface area contributed by atoms with Crippen LogP contribution in [0.4, 0.5) is 4.39 Å². The van der Waals surface area contributed by atoms with Crippen molar-refractivity contribution in [2.75, 3.05) is 0 Å². The molecule has 0 atom stereocenters. The summed E-state index contributed by atoms with van der Waals surface area (Å²) < 4.78 is 14.8. The van der Waals surface area contributed by atoms with Gasteiger partial charge in [-0.05, 0) is 31.4 Å². The van der Waals surface area contributed by atoms with E-state index < -0.39 is 17.3 Å². The van der Waals surface area contributed by atoms with E-state index in [1.165, 1.54) is 29.3 Å². The number of amides is 1. The molecule has 3 heterocycles. The number of carboxylic acids is 1. The van der Waals surface area contributed by atoms with Crippen LogP contribution in [0.3, 0.4) is 0 Å². The van der Waals surface area contributed by atoms with Gasteiger partial charge in [0, 0.05) is 24.4 Å². The maximum atomic E-state index is 13.3. The molecule has 1 amide bonds. The van der Waals surface area contributed by atoms with Gasteiger partial charge in [-0.3, -0.25) is 14.8 Å². The zero-order valence-electron chi connectivity index (χ0n) is 15.2. The Morgan fingerprint density at radius 1 is 1.14 bits per heavy atom. The first-order valence-electron chi connectivity index (χ1n) is 8.97. The van der Waals surface area contributed by atoms with Gasteiger partial charge in [0.2, 0.25) is 0 Å². The smallest absolute Gasteiger partial charge is 0.337 e. The molecule has 1 fully saturated rings. The Bertz CT molecular complexity index is 1080. The third kappa shape index (κ3) is 3.96. The lowest BCUT2D eigenvalue weighted by Gasteiger charge is -2.42. The fraction of sp³-hybridized carbons (Fsp3) is 0.263. The predicted molar refractivity (Wildman–Crippen MR) is 98.1 cm³/mol. The molecule has 2 N–H and O–H groups in total. The van der Waals surface area contributed by atoms with Crippen LogP contribution in [0, 0.1) is 5.82 Å². The first kappa shape index (κ1) is 18.7. The largest absolute Gasteiger partial charge is 0.478 e. The quantitative estimate of drug-likeness (QED) is 0.651. The van der Waals surface area contributed by atoms with E-state index in [4.69, 9.17) is 5.11 Å². The molecule has 1 saturated carbocycles. The Morgan fingerprint density at radius 3 is 2.59 bits per heavy atom. The van der Waals surface area contributed by atoms with Crippen molar-refractivity contribution >= 4 is 11.9 Å². The molecule has 1 aliphatic rings. The van der Waals surface area contributed by atoms with Crippen LogP contribution in [0.15, 0.2) is 43.1 Å². The van der Waals surface area contributed by atoms with Gasteiger partial charge in [0.05, 0.1) is 41.1 Å². The van der Waals surface area contributed by atoms with Gasteiger partial charge in [0.1, 0.15) is 5.82 Å². The lowest BCUT2D eigenvalue weighted by molar-refractivity contribution is 0.0695. The normalized spacial score (nSPS) is 14.8. The van der Waals surface area contributed by atoms with E-state index in [1.54, 1.807) is 6.20 Å². The Hall–Kier alpha value is -3.69. The number of aromatic carboxylic acids is 1. The van der Waals surface area contributed by atoms with Crippen molar-refractivity contribution < 1.29 is 19.1 Å². The fourth-order valence-electron chi connectivity index (χ4n) is 3.32. The highest BCUT2D eigenvalue weighted by Crippen LogP contribution is 2.35. The standard InChI is InChI=1S/C19H17FN6O3/c20-14-4-12(7-21-9-14)17(27)23-19(2-1-3-19)6-15-11-26(25-24-15)16-5-13(18(28)29)8-22-10-16/h4-5,7-11H,1-3,6H2,(H,23,27)(H,28,29). The van der Waals surface area contributed by atoms with Gasteiger partial charge >= 0.3 is 5.97 Å². The summed E-state index contributed by atoms with van der Waals surface area (Å²) >= 11 is 0. The molecule has 0 bridgehead atoms. The molecule has 148 valence electrons. The molecule has 0 spiro atoms. The summed E-state index contributed by atoms with van der Waals surface area (Å²) in [6.45, 7) is 0. The zero-order valence-corrected chi connectivity index (χ0v) is 15.2. The van der Waals surface area contributed by atoms with Crippen LogP contribution in [0.5, 0.6) is 0 Å². The Balaban J connectivity index is 1.50. The maximum absolute atomic E-state index is 13.3. The summed E-state index contributed by atoms with van der Waals surface area (Å²) in [5.41, 5.74) is 0.845. The van der Waals surface area contributed by atoms with Gasteiger partial charge in [-0.15, -0.1) is 5.10 Å². The molecule has 0 aromatic carbocycles. The van der Waals surface area contributed by atoms with Gasteiger partial charge in [-0.1, -0.05) is 5.21 Å². The number of carbonyl (C=O) groups is 2. The number of rotatable bonds is 6. The number of pyridine rings is 2. The molecule has 4 rings (SSSR count). The van der Waals surface area contributed by atoms with E-state index in [9.17, 15) is 14.0 Å². The van der Waals surface area contributed by atoms with Gasteiger partial charge < -0.3 is 10.4 Å². The van der Waals surface area contributed by atoms with E-state index >= 15 is 0 Å². The second-order valence-corrected chi connectivity index (χ2v) is 7.05. The minimum absolute atomic E-state index is 0.0472. The number of halogens is 1. The number of hydrogen-bond donors (Lipinski definition) is 2. The number of aromatic nitrogens is 5. The Morgan fingerprint density at radius 2 is 1.90 bits per heavy atom. The van der Waals surface area contributed by atoms with E-state index in [2.05, 4.69) is 25.6 Å². The molecule has 0 aliphatic heterocycles. The lowest BCUT2D eigenvalue weighted by atomic mass is 9.73. The van der Waals surface area contributed by atoms with Crippen molar-refractivity contribution in [1.29, 1.82) is 0 Å². The number of nitrogens with one attached hydrogen (secondary N) is 1. The molecule has 1 aliphatic carbocycles. The van der Waals surface area contributed by atoms with Crippen LogP contribution in [0.25, 0.3) is 5.69 Å². The van der Waals surface area contributed by atoms with Crippen molar-refractivity contribution in [3.63, 3.8) is 0 Å². The predicted octanol–water partition coefficient (Wildman–Crippen LogP) is 1.79. The molecule has 29 heavy (non-hydrogen) atoms. The van der Waals surface area contributed by atoms with E-state index in [0.29, 0.717) is 17.8 Å². The van der Waals surface area contributed by atoms with E-state index in [1.807, 2.05) is 0 Å². The Labute approximate surface area is 164 Å². The van der Waals surface area contributed by atoms with Crippen LogP contribution in [-0.2, 0) is 6.42 Å². The highest BCUT2D eigenvalue weighted by Gasteiger charge is 2.39. The SMILES string of the molecule is O=C(O)c1cncc(-n2cc(CC3(NC(=O)c4cncc(F)c4)CCC3)nn2)c1. The van der Waals surface area contributed by atoms with Crippen LogP contribution >= 0.6 is 0 Å². The zero-order chi connectivity index (χ0) is 20.4. The average Bonchev–Trinajstić information content (AvgIpc) is 3.14. The molecule has 10 heteroatoms. The topological polar surface area (TPSA) is 123 Å². The first-order chi connectivity index (χ1) is 13.9. The average molecular weight is 396 g/mol. The van der Waals surface area contributed by atoms with Crippen molar-refractivity contribution in [3.8, 4) is 5.69 Å². The van der Waals surface area contributed by atoms with Crippen LogP contribution in [0.2, 0.25) is 0 Å². The van der Waals surface area contributed by atoms with E-state index in [0.717, 1.165) is 31.5 Å². The van der Waals surface area contributed by atoms with Crippen LogP contribution in [-0.4, -0.2) is 47.5 Å². The first-order valence-corrected chi connectivity index (χ1v) is 8.97. The van der Waals surface area contributed by atoms with Crippen molar-refractivity contribution in [2.24, 2.45) is 0 Å². The molecule has 9 nitrogen and oxygen atoms in total. The van der Waals surface area contributed by atoms with Gasteiger partial charge in [-0.25, -0.2) is 13.9 Å². The molecule has 0 radical (unpaired) electrons. The number of hydrogen-bond acceptors (Lipinski definition) is 6. The highest BCUT2D eigenvalue weighted by atomic mass is 19.1. The fourth-order valence-corrected chi connectivity index (χ4v) is 3.32. The molecule has 0 saturated heterocycles. The monoisotopic (exact) mass is 396 g/mol. The summed E-state index contributed by atoms with van der Waals surface area (Å²) in [5, 5.41) is 20.3. The maximum Gasteiger partial charge on any atom is 0.337 e. The number of nitrogens with zero attached hydrogens (tertiary/aromatic N) is 5. The summed E-state index contributed by atoms with van der Waals surface area (Å²) in [4.78, 5) is 31.2. The van der Waals surface area contributed by atoms with Gasteiger partial charge in [0.15, 0.2) is 0 Å². The minimum atomic E-state index is -1.08. The highest BCUT2D eigenvalue weighted by molar-refractivity contribution is 5.94. The van der Waals surface area contributed by atoms with Crippen molar-refractivity contribution in [2.45, 2.75) is 31.2 Å². The lowest BCUT2D eigenvalue weighted by Crippen LogP contribution is -2.55. The summed E-state index contributed by atoms with van der Waals surface area (Å²) in [5.74, 6) is -2.04. The third-order valence-corrected chi connectivity index (χ3v) is 4.95. The van der Waals surface area contributed by atoms with Crippen molar-refractivity contribution in [3.05, 3.63) is 65.8 Å².